The predicted molar refractivity (Wildman–Crippen MR) is 64.8 cm³/mol. The highest BCUT2D eigenvalue weighted by molar-refractivity contribution is 5.37. The van der Waals surface area contributed by atoms with Crippen molar-refractivity contribution >= 4 is 0 Å². The summed E-state index contributed by atoms with van der Waals surface area (Å²) in [6.07, 6.45) is 5.53. The average Bonchev–Trinajstić information content (AvgIpc) is 2.66. The van der Waals surface area contributed by atoms with Crippen molar-refractivity contribution in [3.8, 4) is 5.75 Å². The monoisotopic (exact) mass is 217 g/mol. The summed E-state index contributed by atoms with van der Waals surface area (Å²) >= 11 is 0. The quantitative estimate of drug-likeness (QED) is 0.839. The zero-order chi connectivity index (χ0) is 11.0. The molecule has 1 aromatic rings. The lowest BCUT2D eigenvalue weighted by Crippen LogP contribution is -2.48. The molecule has 1 N–H and O–H groups in total. The summed E-state index contributed by atoms with van der Waals surface area (Å²) in [4.78, 5) is 0. The van der Waals surface area contributed by atoms with Crippen LogP contribution in [0, 0.1) is 5.92 Å². The van der Waals surface area contributed by atoms with Crippen LogP contribution in [0.1, 0.15) is 24.8 Å². The zero-order valence-electron chi connectivity index (χ0n) is 9.78. The van der Waals surface area contributed by atoms with E-state index < -0.39 is 0 Å². The van der Waals surface area contributed by atoms with Gasteiger partial charge in [-0.15, -0.1) is 0 Å². The van der Waals surface area contributed by atoms with Crippen LogP contribution >= 0.6 is 0 Å². The predicted octanol–water partition coefficient (Wildman–Crippen LogP) is 2.38. The maximum atomic E-state index is 6.05. The van der Waals surface area contributed by atoms with Crippen molar-refractivity contribution < 1.29 is 4.74 Å². The maximum absolute atomic E-state index is 6.05. The largest absolute Gasteiger partial charge is 0.488 e. The first kappa shape index (κ1) is 10.2. The summed E-state index contributed by atoms with van der Waals surface area (Å²) in [5.41, 5.74) is 1.37. The van der Waals surface area contributed by atoms with Gasteiger partial charge in [0.1, 0.15) is 11.9 Å². The molecular formula is C14H19NO. The molecule has 0 aromatic heterocycles. The van der Waals surface area contributed by atoms with Crippen LogP contribution in [0.4, 0.5) is 0 Å². The fourth-order valence-corrected chi connectivity index (χ4v) is 2.93. The molecule has 1 heterocycles. The molecule has 0 spiro atoms. The minimum absolute atomic E-state index is 0.340. The van der Waals surface area contributed by atoms with Gasteiger partial charge in [-0.25, -0.2) is 0 Å². The Morgan fingerprint density at radius 1 is 1.31 bits per heavy atom. The first-order chi connectivity index (χ1) is 7.88. The van der Waals surface area contributed by atoms with Crippen molar-refractivity contribution in [3.05, 3.63) is 29.8 Å². The highest BCUT2D eigenvalue weighted by Crippen LogP contribution is 2.36. The summed E-state index contributed by atoms with van der Waals surface area (Å²) in [5, 5.41) is 3.46. The maximum Gasteiger partial charge on any atom is 0.123 e. The van der Waals surface area contributed by atoms with E-state index >= 15 is 0 Å². The molecule has 1 aliphatic carbocycles. The number of fused-ring (bicyclic) bond motifs is 1. The Bertz CT molecular complexity index is 348. The number of para-hydroxylation sites is 1. The lowest BCUT2D eigenvalue weighted by atomic mass is 9.77. The van der Waals surface area contributed by atoms with Gasteiger partial charge in [-0.05, 0) is 37.4 Å². The lowest BCUT2D eigenvalue weighted by molar-refractivity contribution is 0.109. The Morgan fingerprint density at radius 3 is 2.75 bits per heavy atom. The molecule has 86 valence electrons. The van der Waals surface area contributed by atoms with Crippen molar-refractivity contribution in [1.82, 2.24) is 5.32 Å². The van der Waals surface area contributed by atoms with Crippen molar-refractivity contribution in [2.45, 2.75) is 37.8 Å². The van der Waals surface area contributed by atoms with E-state index in [2.05, 4.69) is 36.6 Å². The molecule has 1 saturated carbocycles. The molecule has 2 aliphatic rings. The Hall–Kier alpha value is -1.02. The van der Waals surface area contributed by atoms with Crippen LogP contribution in [0.25, 0.3) is 0 Å². The number of nitrogens with one attached hydrogen (secondary N) is 1. The summed E-state index contributed by atoms with van der Waals surface area (Å²) in [6, 6.07) is 8.95. The number of hydrogen-bond donors (Lipinski definition) is 1. The van der Waals surface area contributed by atoms with Crippen molar-refractivity contribution in [1.29, 1.82) is 0 Å². The third-order valence-electron chi connectivity index (χ3n) is 4.06. The van der Waals surface area contributed by atoms with E-state index in [9.17, 15) is 0 Å². The molecule has 1 aromatic carbocycles. The minimum Gasteiger partial charge on any atom is -0.488 e. The van der Waals surface area contributed by atoms with Gasteiger partial charge in [-0.3, -0.25) is 0 Å². The molecule has 2 unspecified atom stereocenters. The molecule has 16 heavy (non-hydrogen) atoms. The molecular weight excluding hydrogens is 198 g/mol. The zero-order valence-corrected chi connectivity index (χ0v) is 9.78. The van der Waals surface area contributed by atoms with Crippen molar-refractivity contribution in [3.63, 3.8) is 0 Å². The van der Waals surface area contributed by atoms with Gasteiger partial charge in [0.15, 0.2) is 0 Å². The van der Waals surface area contributed by atoms with Gasteiger partial charge in [0.05, 0.1) is 0 Å². The molecule has 2 nitrogen and oxygen atoms in total. The highest BCUT2D eigenvalue weighted by atomic mass is 16.5. The van der Waals surface area contributed by atoms with Gasteiger partial charge >= 0.3 is 0 Å². The van der Waals surface area contributed by atoms with Crippen LogP contribution in [0.15, 0.2) is 24.3 Å². The van der Waals surface area contributed by atoms with Gasteiger partial charge in [-0.1, -0.05) is 24.6 Å². The Labute approximate surface area is 97.0 Å². The van der Waals surface area contributed by atoms with E-state index in [1.165, 1.54) is 24.8 Å². The first-order valence-corrected chi connectivity index (χ1v) is 6.30. The third kappa shape index (κ3) is 1.61. The highest BCUT2D eigenvalue weighted by Gasteiger charge is 2.36. The summed E-state index contributed by atoms with van der Waals surface area (Å²) in [5.74, 6) is 1.91. The fraction of sp³-hybridized carbons (Fsp3) is 0.571. The summed E-state index contributed by atoms with van der Waals surface area (Å²) < 4.78 is 6.05. The van der Waals surface area contributed by atoms with E-state index in [0.29, 0.717) is 12.1 Å². The number of rotatable bonds is 3. The van der Waals surface area contributed by atoms with E-state index in [1.54, 1.807) is 0 Å². The van der Waals surface area contributed by atoms with Crippen LogP contribution in [-0.2, 0) is 6.42 Å². The SMILES string of the molecule is CNC(C1CCC1)C1Cc2ccccc2O1. The summed E-state index contributed by atoms with van der Waals surface area (Å²) in [6.45, 7) is 0. The molecule has 0 radical (unpaired) electrons. The van der Waals surface area contributed by atoms with Gasteiger partial charge in [0.2, 0.25) is 0 Å². The smallest absolute Gasteiger partial charge is 0.123 e. The second-order valence-corrected chi connectivity index (χ2v) is 4.97. The molecule has 2 heteroatoms. The van der Waals surface area contributed by atoms with E-state index in [0.717, 1.165) is 18.1 Å². The molecule has 0 saturated heterocycles. The lowest BCUT2D eigenvalue weighted by Gasteiger charge is -2.36. The summed E-state index contributed by atoms with van der Waals surface area (Å²) in [7, 11) is 2.06. The third-order valence-corrected chi connectivity index (χ3v) is 4.06. The normalized spacial score (nSPS) is 25.7. The molecule has 2 atom stereocenters. The van der Waals surface area contributed by atoms with E-state index in [4.69, 9.17) is 4.74 Å². The van der Waals surface area contributed by atoms with Gasteiger partial charge in [0.25, 0.3) is 0 Å². The molecule has 0 amide bonds. The molecule has 3 rings (SSSR count). The number of hydrogen-bond acceptors (Lipinski definition) is 2. The van der Waals surface area contributed by atoms with Crippen molar-refractivity contribution in [2.24, 2.45) is 5.92 Å². The first-order valence-electron chi connectivity index (χ1n) is 6.30. The Kier molecular flexibility index (Phi) is 2.60. The second kappa shape index (κ2) is 4.10. The van der Waals surface area contributed by atoms with Gasteiger partial charge in [0, 0.05) is 12.5 Å². The number of benzene rings is 1. The van der Waals surface area contributed by atoms with Gasteiger partial charge < -0.3 is 10.1 Å². The van der Waals surface area contributed by atoms with Crippen LogP contribution < -0.4 is 10.1 Å². The standard InChI is InChI=1S/C14H19NO/c1-15-14(10-6-4-7-10)13-9-11-5-2-3-8-12(11)16-13/h2-3,5,8,10,13-15H,4,6-7,9H2,1H3. The topological polar surface area (TPSA) is 21.3 Å². The molecule has 0 bridgehead atoms. The minimum atomic E-state index is 0.340. The second-order valence-electron chi connectivity index (χ2n) is 4.97. The molecule has 1 aliphatic heterocycles. The Balaban J connectivity index is 1.74. The average molecular weight is 217 g/mol. The molecule has 1 fully saturated rings. The van der Waals surface area contributed by atoms with Gasteiger partial charge in [-0.2, -0.15) is 0 Å². The van der Waals surface area contributed by atoms with E-state index in [-0.39, 0.29) is 0 Å². The van der Waals surface area contributed by atoms with Crippen LogP contribution in [0.5, 0.6) is 5.75 Å². The number of ether oxygens (including phenoxy) is 1. The van der Waals surface area contributed by atoms with Crippen molar-refractivity contribution in [2.75, 3.05) is 7.05 Å². The van der Waals surface area contributed by atoms with E-state index in [1.807, 2.05) is 0 Å². The number of likely N-dealkylation sites (N-methyl/N-ethyl adjacent to an activating group) is 1. The Morgan fingerprint density at radius 2 is 2.12 bits per heavy atom. The van der Waals surface area contributed by atoms with Crippen LogP contribution in [0.3, 0.4) is 0 Å². The van der Waals surface area contributed by atoms with Crippen LogP contribution in [-0.4, -0.2) is 19.2 Å². The fourth-order valence-electron chi connectivity index (χ4n) is 2.93. The van der Waals surface area contributed by atoms with Crippen LogP contribution in [0.2, 0.25) is 0 Å².